The molecule has 1 aromatic carbocycles. The number of anilines is 1. The predicted octanol–water partition coefficient (Wildman–Crippen LogP) is 2.15. The van der Waals surface area contributed by atoms with Crippen LogP contribution in [0.15, 0.2) is 18.2 Å². The van der Waals surface area contributed by atoms with Crippen molar-refractivity contribution in [2.45, 2.75) is 12.8 Å². The van der Waals surface area contributed by atoms with Gasteiger partial charge in [0.05, 0.1) is 11.0 Å². The van der Waals surface area contributed by atoms with Gasteiger partial charge in [-0.3, -0.25) is 10.1 Å². The fourth-order valence-electron chi connectivity index (χ4n) is 2.15. The Morgan fingerprint density at radius 2 is 2.17 bits per heavy atom. The maximum Gasteiger partial charge on any atom is 0.295 e. The van der Waals surface area contributed by atoms with Gasteiger partial charge in [0.15, 0.2) is 0 Å². The molecule has 0 unspecified atom stereocenters. The zero-order valence-corrected chi connectivity index (χ0v) is 9.99. The molecule has 5 nitrogen and oxygen atoms in total. The second-order valence-corrected chi connectivity index (χ2v) is 4.49. The highest BCUT2D eigenvalue weighted by Gasteiger charge is 2.17. The van der Waals surface area contributed by atoms with Crippen LogP contribution < -0.4 is 10.6 Å². The molecule has 18 heavy (non-hydrogen) atoms. The van der Waals surface area contributed by atoms with Gasteiger partial charge < -0.3 is 10.6 Å². The normalized spacial score (nSPS) is 16.5. The average molecular weight is 253 g/mol. The van der Waals surface area contributed by atoms with Crippen molar-refractivity contribution in [3.05, 3.63) is 34.1 Å². The Hall–Kier alpha value is -1.69. The van der Waals surface area contributed by atoms with Crippen molar-refractivity contribution in [2.75, 3.05) is 25.0 Å². The number of nitrogens with zero attached hydrogens (tertiary/aromatic N) is 1. The summed E-state index contributed by atoms with van der Waals surface area (Å²) in [4.78, 5) is 10.3. The molecule has 98 valence electrons. The lowest BCUT2D eigenvalue weighted by molar-refractivity contribution is -0.384. The van der Waals surface area contributed by atoms with Crippen LogP contribution in [0.2, 0.25) is 0 Å². The molecule has 6 heteroatoms. The fraction of sp³-hybridized carbons (Fsp3) is 0.500. The number of nitro benzene ring substituents is 1. The quantitative estimate of drug-likeness (QED) is 0.637. The second kappa shape index (κ2) is 5.77. The van der Waals surface area contributed by atoms with E-state index in [9.17, 15) is 14.5 Å². The van der Waals surface area contributed by atoms with E-state index in [4.69, 9.17) is 0 Å². The minimum Gasteiger partial charge on any atom is -0.379 e. The van der Waals surface area contributed by atoms with Gasteiger partial charge in [-0.25, -0.2) is 4.39 Å². The van der Waals surface area contributed by atoms with E-state index in [2.05, 4.69) is 10.6 Å². The van der Waals surface area contributed by atoms with E-state index in [0.717, 1.165) is 32.0 Å². The Morgan fingerprint density at radius 1 is 1.44 bits per heavy atom. The molecule has 1 saturated heterocycles. The van der Waals surface area contributed by atoms with E-state index >= 15 is 0 Å². The summed E-state index contributed by atoms with van der Waals surface area (Å²) in [5.74, 6) is -0.0787. The Morgan fingerprint density at radius 3 is 2.83 bits per heavy atom. The molecule has 1 aliphatic heterocycles. The third-order valence-corrected chi connectivity index (χ3v) is 3.20. The monoisotopic (exact) mass is 253 g/mol. The van der Waals surface area contributed by atoms with Crippen molar-refractivity contribution in [1.82, 2.24) is 5.32 Å². The Labute approximate surface area is 105 Å². The molecule has 1 aromatic rings. The van der Waals surface area contributed by atoms with Crippen LogP contribution >= 0.6 is 0 Å². The highest BCUT2D eigenvalue weighted by atomic mass is 19.1. The molecule has 0 atom stereocenters. The minimum absolute atomic E-state index is 0.205. The molecular formula is C12H16FN3O2. The van der Waals surface area contributed by atoms with Gasteiger partial charge in [0.25, 0.3) is 5.69 Å². The van der Waals surface area contributed by atoms with Crippen molar-refractivity contribution in [1.29, 1.82) is 0 Å². The largest absolute Gasteiger partial charge is 0.379 e. The molecule has 0 saturated carbocycles. The zero-order chi connectivity index (χ0) is 13.0. The van der Waals surface area contributed by atoms with E-state index < -0.39 is 10.7 Å². The minimum atomic E-state index is -0.589. The van der Waals surface area contributed by atoms with Gasteiger partial charge in [-0.15, -0.1) is 0 Å². The maximum absolute atomic E-state index is 13.0. The van der Waals surface area contributed by atoms with Gasteiger partial charge in [-0.1, -0.05) is 0 Å². The summed E-state index contributed by atoms with van der Waals surface area (Å²) in [6.45, 7) is 2.66. The molecule has 2 rings (SSSR count). The molecule has 2 N–H and O–H groups in total. The van der Waals surface area contributed by atoms with E-state index in [-0.39, 0.29) is 5.69 Å². The third-order valence-electron chi connectivity index (χ3n) is 3.20. The molecular weight excluding hydrogens is 237 g/mol. The van der Waals surface area contributed by atoms with Crippen LogP contribution in [0.25, 0.3) is 0 Å². The van der Waals surface area contributed by atoms with E-state index in [0.29, 0.717) is 18.2 Å². The van der Waals surface area contributed by atoms with Crippen molar-refractivity contribution < 1.29 is 9.31 Å². The molecule has 0 aliphatic carbocycles. The number of benzene rings is 1. The molecule has 0 radical (unpaired) electrons. The summed E-state index contributed by atoms with van der Waals surface area (Å²) in [6.07, 6.45) is 2.12. The van der Waals surface area contributed by atoms with Crippen LogP contribution in [0, 0.1) is 21.8 Å². The standard InChI is InChI=1S/C12H16FN3O2/c13-10-1-2-11(12(7-10)16(17)18)15-8-9-3-5-14-6-4-9/h1-2,7,9,14-15H,3-6,8H2. The molecule has 0 bridgehead atoms. The molecule has 0 amide bonds. The fourth-order valence-corrected chi connectivity index (χ4v) is 2.15. The van der Waals surface area contributed by atoms with Crippen LogP contribution in [0.3, 0.4) is 0 Å². The SMILES string of the molecule is O=[N+]([O-])c1cc(F)ccc1NCC1CCNCC1. The molecule has 1 aliphatic rings. The molecule has 1 fully saturated rings. The van der Waals surface area contributed by atoms with Crippen LogP contribution in [0.5, 0.6) is 0 Å². The number of piperidine rings is 1. The summed E-state index contributed by atoms with van der Waals surface area (Å²) < 4.78 is 13.0. The molecule has 0 spiro atoms. The zero-order valence-electron chi connectivity index (χ0n) is 9.99. The number of nitro groups is 1. The van der Waals surface area contributed by atoms with Crippen molar-refractivity contribution in [2.24, 2.45) is 5.92 Å². The number of halogens is 1. The lowest BCUT2D eigenvalue weighted by Crippen LogP contribution is -2.31. The summed E-state index contributed by atoms with van der Waals surface area (Å²) in [5.41, 5.74) is 0.184. The van der Waals surface area contributed by atoms with Crippen LogP contribution in [0.1, 0.15) is 12.8 Å². The average Bonchev–Trinajstić information content (AvgIpc) is 2.38. The van der Waals surface area contributed by atoms with Crippen molar-refractivity contribution in [3.63, 3.8) is 0 Å². The summed E-state index contributed by atoms with van der Waals surface area (Å²) >= 11 is 0. The van der Waals surface area contributed by atoms with E-state index in [1.807, 2.05) is 0 Å². The second-order valence-electron chi connectivity index (χ2n) is 4.49. The number of hydrogen-bond acceptors (Lipinski definition) is 4. The lowest BCUT2D eigenvalue weighted by Gasteiger charge is -2.23. The Balaban J connectivity index is 2.01. The summed E-state index contributed by atoms with van der Waals surface area (Å²) in [7, 11) is 0. The van der Waals surface area contributed by atoms with E-state index in [1.54, 1.807) is 0 Å². The van der Waals surface area contributed by atoms with Crippen LogP contribution in [-0.4, -0.2) is 24.6 Å². The Kier molecular flexibility index (Phi) is 4.09. The summed E-state index contributed by atoms with van der Waals surface area (Å²) in [6, 6.07) is 3.61. The summed E-state index contributed by atoms with van der Waals surface area (Å²) in [5, 5.41) is 17.1. The van der Waals surface area contributed by atoms with E-state index in [1.165, 1.54) is 12.1 Å². The third kappa shape index (κ3) is 3.16. The maximum atomic E-state index is 13.0. The van der Waals surface area contributed by atoms with Gasteiger partial charge in [-0.05, 0) is 44.0 Å². The van der Waals surface area contributed by atoms with Gasteiger partial charge in [0.1, 0.15) is 11.5 Å². The highest BCUT2D eigenvalue weighted by Crippen LogP contribution is 2.25. The molecule has 1 heterocycles. The van der Waals surface area contributed by atoms with Crippen LogP contribution in [-0.2, 0) is 0 Å². The number of rotatable bonds is 4. The van der Waals surface area contributed by atoms with Gasteiger partial charge >= 0.3 is 0 Å². The van der Waals surface area contributed by atoms with Crippen molar-refractivity contribution in [3.8, 4) is 0 Å². The van der Waals surface area contributed by atoms with Gasteiger partial charge in [0.2, 0.25) is 0 Å². The number of nitrogens with one attached hydrogen (secondary N) is 2. The smallest absolute Gasteiger partial charge is 0.295 e. The first-order valence-electron chi connectivity index (χ1n) is 6.05. The first kappa shape index (κ1) is 12.8. The Bertz CT molecular complexity index is 433. The lowest BCUT2D eigenvalue weighted by atomic mass is 9.98. The van der Waals surface area contributed by atoms with Gasteiger partial charge in [0, 0.05) is 6.54 Å². The predicted molar refractivity (Wildman–Crippen MR) is 67.1 cm³/mol. The highest BCUT2D eigenvalue weighted by molar-refractivity contribution is 5.61. The number of hydrogen-bond donors (Lipinski definition) is 2. The van der Waals surface area contributed by atoms with Crippen LogP contribution in [0.4, 0.5) is 15.8 Å². The first-order valence-corrected chi connectivity index (χ1v) is 6.05. The van der Waals surface area contributed by atoms with Gasteiger partial charge in [-0.2, -0.15) is 0 Å². The molecule has 0 aromatic heterocycles. The van der Waals surface area contributed by atoms with Crippen molar-refractivity contribution >= 4 is 11.4 Å². The first-order chi connectivity index (χ1) is 8.66. The topological polar surface area (TPSA) is 67.2 Å².